The zero-order valence-corrected chi connectivity index (χ0v) is 19.6. The van der Waals surface area contributed by atoms with Crippen molar-refractivity contribution >= 4 is 41.7 Å². The number of allylic oxidation sites excluding steroid dienone is 1. The van der Waals surface area contributed by atoms with Crippen LogP contribution in [0, 0.1) is 11.8 Å². The molecule has 3 aliphatic heterocycles. The average Bonchev–Trinajstić information content (AvgIpc) is 2.81. The number of carbonyl (C=O) groups excluding carboxylic acids is 3. The summed E-state index contributed by atoms with van der Waals surface area (Å²) in [4.78, 5) is 46.2. The molecule has 3 heterocycles. The van der Waals surface area contributed by atoms with Gasteiger partial charge in [0.1, 0.15) is 6.21 Å². The van der Waals surface area contributed by atoms with Crippen LogP contribution in [0.25, 0.3) is 0 Å². The number of likely N-dealkylation sites (tertiary alicyclic amines) is 1. The van der Waals surface area contributed by atoms with E-state index in [4.69, 9.17) is 0 Å². The van der Waals surface area contributed by atoms with Crippen molar-refractivity contribution in [2.45, 2.75) is 26.2 Å². The summed E-state index contributed by atoms with van der Waals surface area (Å²) in [5, 5.41) is 0. The van der Waals surface area contributed by atoms with E-state index in [1.807, 2.05) is 17.9 Å². The molecular formula is C24H29N4O3S+. The van der Waals surface area contributed by atoms with Crippen LogP contribution in [0.4, 0.5) is 4.79 Å². The zero-order valence-electron chi connectivity index (χ0n) is 18.8. The Labute approximate surface area is 192 Å². The first kappa shape index (κ1) is 22.5. The van der Waals surface area contributed by atoms with E-state index >= 15 is 0 Å². The molecule has 0 aliphatic carbocycles. The Kier molecular flexibility index (Phi) is 6.60. The van der Waals surface area contributed by atoms with E-state index in [-0.39, 0.29) is 17.6 Å². The van der Waals surface area contributed by atoms with Gasteiger partial charge in [0, 0.05) is 18.0 Å². The number of hydrogen-bond acceptors (Lipinski definition) is 5. The lowest BCUT2D eigenvalue weighted by Crippen LogP contribution is -2.52. The maximum atomic E-state index is 12.9. The maximum Gasteiger partial charge on any atom is 0.445 e. The molecule has 4 rings (SSSR count). The van der Waals surface area contributed by atoms with Crippen LogP contribution in [-0.4, -0.2) is 77.2 Å². The van der Waals surface area contributed by atoms with E-state index in [1.165, 1.54) is 28.9 Å². The normalized spacial score (nSPS) is 22.0. The third-order valence-electron chi connectivity index (χ3n) is 6.48. The Balaban J connectivity index is 1.36. The van der Waals surface area contributed by atoms with Gasteiger partial charge in [-0.05, 0) is 43.2 Å². The van der Waals surface area contributed by atoms with Crippen LogP contribution in [0.1, 0.15) is 25.3 Å². The van der Waals surface area contributed by atoms with Crippen molar-refractivity contribution in [3.63, 3.8) is 0 Å². The van der Waals surface area contributed by atoms with Crippen LogP contribution < -0.4 is 0 Å². The topological polar surface area (TPSA) is 73.1 Å². The molecule has 1 unspecified atom stereocenters. The Bertz CT molecular complexity index is 1020. The van der Waals surface area contributed by atoms with E-state index in [0.717, 1.165) is 47.7 Å². The number of aliphatic imine (C=N–C) groups is 1. The molecule has 3 aliphatic rings. The minimum atomic E-state index is -0.623. The fraction of sp³-hybridized carbons (Fsp3) is 0.458. The lowest BCUT2D eigenvalue weighted by molar-refractivity contribution is -0.407. The lowest BCUT2D eigenvalue weighted by Gasteiger charge is -2.32. The van der Waals surface area contributed by atoms with Gasteiger partial charge in [-0.3, -0.25) is 9.59 Å². The third kappa shape index (κ3) is 4.41. The molecule has 32 heavy (non-hydrogen) atoms. The van der Waals surface area contributed by atoms with Gasteiger partial charge in [-0.15, -0.1) is 16.8 Å². The summed E-state index contributed by atoms with van der Waals surface area (Å²) in [7, 11) is 3.11. The molecule has 0 saturated carbocycles. The van der Waals surface area contributed by atoms with Crippen LogP contribution in [0.5, 0.6) is 0 Å². The van der Waals surface area contributed by atoms with E-state index < -0.39 is 11.9 Å². The molecule has 0 aromatic heterocycles. The Morgan fingerprint density at radius 3 is 2.56 bits per heavy atom. The molecule has 1 atom stereocenters. The first-order chi connectivity index (χ1) is 15.4. The van der Waals surface area contributed by atoms with Gasteiger partial charge in [0.2, 0.25) is 5.91 Å². The molecule has 4 amide bonds. The van der Waals surface area contributed by atoms with Gasteiger partial charge in [0.05, 0.1) is 19.8 Å². The number of amidine groups is 1. The molecule has 1 saturated heterocycles. The van der Waals surface area contributed by atoms with Gasteiger partial charge in [-0.25, -0.2) is 4.79 Å². The Hall–Kier alpha value is -2.74. The van der Waals surface area contributed by atoms with Gasteiger partial charge >= 0.3 is 11.9 Å². The average molecular weight is 454 g/mol. The number of carbonyl (C=O) groups is 3. The number of imide groups is 1. The first-order valence-electron chi connectivity index (χ1n) is 11.0. The van der Waals surface area contributed by atoms with E-state index in [1.54, 1.807) is 13.3 Å². The summed E-state index contributed by atoms with van der Waals surface area (Å²) in [5.74, 6) is 0.494. The number of benzene rings is 1. The molecule has 0 spiro atoms. The van der Waals surface area contributed by atoms with Gasteiger partial charge in [-0.2, -0.15) is 9.48 Å². The standard InChI is InChI=1S/C24H29N4O3S/c1-16-14-25-22-20(23(30)27(3)24(31)26(22)2)21(16)32-15-19(29)28-11-9-18(10-12-28)13-17-7-5-4-6-8-17/h4-8,14,18,20H,9-13,15H2,1-3H3/q+1. The zero-order chi connectivity index (χ0) is 22.8. The fourth-order valence-electron chi connectivity index (χ4n) is 4.52. The molecule has 1 aromatic rings. The second kappa shape index (κ2) is 9.40. The number of piperidine rings is 1. The second-order valence-corrected chi connectivity index (χ2v) is 9.66. The van der Waals surface area contributed by atoms with Gasteiger partial charge in [0.25, 0.3) is 5.84 Å². The Morgan fingerprint density at radius 1 is 1.19 bits per heavy atom. The summed E-state index contributed by atoms with van der Waals surface area (Å²) in [6.07, 6.45) is 4.76. The molecule has 7 nitrogen and oxygen atoms in total. The smallest absolute Gasteiger partial charge is 0.342 e. The number of nitrogens with zero attached hydrogens (tertiary/aromatic N) is 4. The molecule has 0 N–H and O–H groups in total. The van der Waals surface area contributed by atoms with E-state index in [0.29, 0.717) is 11.8 Å². The number of rotatable bonds is 5. The maximum absolute atomic E-state index is 12.9. The van der Waals surface area contributed by atoms with Gasteiger partial charge < -0.3 is 4.90 Å². The number of hydrogen-bond donors (Lipinski definition) is 0. The molecule has 0 radical (unpaired) electrons. The predicted octanol–water partition coefficient (Wildman–Crippen LogP) is 2.81. The van der Waals surface area contributed by atoms with E-state index in [9.17, 15) is 14.4 Å². The van der Waals surface area contributed by atoms with Crippen LogP contribution in [-0.2, 0) is 16.0 Å². The van der Waals surface area contributed by atoms with Gasteiger partial charge in [0.15, 0.2) is 5.92 Å². The molecule has 1 aromatic carbocycles. The highest BCUT2D eigenvalue weighted by atomic mass is 32.2. The van der Waals surface area contributed by atoms with Crippen molar-refractivity contribution in [1.29, 1.82) is 0 Å². The monoisotopic (exact) mass is 453 g/mol. The highest BCUT2D eigenvalue weighted by molar-refractivity contribution is 8.03. The molecular weight excluding hydrogens is 424 g/mol. The highest BCUT2D eigenvalue weighted by Gasteiger charge is 2.48. The molecule has 1 fully saturated rings. The summed E-state index contributed by atoms with van der Waals surface area (Å²) >= 11 is 1.40. The molecule has 8 heteroatoms. The molecule has 0 bridgehead atoms. The first-order valence-corrected chi connectivity index (χ1v) is 12.0. The van der Waals surface area contributed by atoms with Crippen molar-refractivity contribution in [2.24, 2.45) is 16.8 Å². The van der Waals surface area contributed by atoms with Crippen molar-refractivity contribution in [2.75, 3.05) is 32.9 Å². The number of thioether (sulfide) groups is 1. The largest absolute Gasteiger partial charge is 0.445 e. The number of amides is 4. The lowest BCUT2D eigenvalue weighted by atomic mass is 9.90. The quantitative estimate of drug-likeness (QED) is 0.643. The fourth-order valence-corrected chi connectivity index (χ4v) is 5.64. The highest BCUT2D eigenvalue weighted by Crippen LogP contribution is 2.35. The second-order valence-electron chi connectivity index (χ2n) is 8.64. The van der Waals surface area contributed by atoms with Crippen molar-refractivity contribution in [3.05, 3.63) is 46.4 Å². The van der Waals surface area contributed by atoms with Gasteiger partial charge in [-0.1, -0.05) is 30.3 Å². The summed E-state index contributed by atoms with van der Waals surface area (Å²) in [6, 6.07) is 10.1. The third-order valence-corrected chi connectivity index (χ3v) is 7.74. The van der Waals surface area contributed by atoms with Crippen molar-refractivity contribution < 1.29 is 19.0 Å². The Morgan fingerprint density at radius 2 is 1.88 bits per heavy atom. The number of urea groups is 1. The predicted molar refractivity (Wildman–Crippen MR) is 126 cm³/mol. The molecule has 168 valence electrons. The minimum absolute atomic E-state index is 0.0959. The van der Waals surface area contributed by atoms with Crippen molar-refractivity contribution in [3.8, 4) is 0 Å². The number of fused-ring (bicyclic) bond motifs is 1. The van der Waals surface area contributed by atoms with E-state index in [2.05, 4.69) is 29.3 Å². The number of dihydropyridines is 1. The minimum Gasteiger partial charge on any atom is -0.342 e. The van der Waals surface area contributed by atoms with Crippen molar-refractivity contribution in [1.82, 2.24) is 9.80 Å². The van der Waals surface area contributed by atoms with Crippen LogP contribution >= 0.6 is 11.8 Å². The SMILES string of the molecule is CC1=C(SCC(=O)N2CCC(Cc3ccccc3)CC2)C2C(=O)N(C)C(=O)[N+](C)=C2N=C1. The summed E-state index contributed by atoms with van der Waals surface area (Å²) < 4.78 is 1.41. The van der Waals surface area contributed by atoms with Crippen LogP contribution in [0.15, 0.2) is 45.8 Å². The summed E-state index contributed by atoms with van der Waals surface area (Å²) in [5.41, 5.74) is 2.22. The summed E-state index contributed by atoms with van der Waals surface area (Å²) in [6.45, 7) is 3.44. The van der Waals surface area contributed by atoms with Crippen LogP contribution in [0.3, 0.4) is 0 Å². The van der Waals surface area contributed by atoms with Crippen LogP contribution in [0.2, 0.25) is 0 Å².